The Morgan fingerprint density at radius 3 is 2.06 bits per heavy atom. The molecule has 4 nitrogen and oxygen atoms in total. The van der Waals surface area contributed by atoms with E-state index >= 15 is 0 Å². The number of rotatable bonds is 5. The number of anilines is 1. The van der Waals surface area contributed by atoms with Crippen LogP contribution in [-0.2, 0) is 15.4 Å². The summed E-state index contributed by atoms with van der Waals surface area (Å²) in [4.78, 5) is 1.57. The fraction of sp³-hybridized carbons (Fsp3) is 0.185. The first-order valence-electron chi connectivity index (χ1n) is 10.7. The first-order valence-corrected chi connectivity index (χ1v) is 13.0. The molecule has 0 bridgehead atoms. The van der Waals surface area contributed by atoms with Crippen molar-refractivity contribution in [2.75, 3.05) is 4.72 Å². The maximum atomic E-state index is 13.2. The summed E-state index contributed by atoms with van der Waals surface area (Å²) in [6.45, 7) is 8.25. The Bertz CT molecular complexity index is 1400. The number of aryl methyl sites for hydroxylation is 1. The minimum absolute atomic E-state index is 0.0714. The fourth-order valence-electron chi connectivity index (χ4n) is 3.55. The molecule has 0 heterocycles. The van der Waals surface area contributed by atoms with Crippen LogP contribution in [0.1, 0.15) is 31.9 Å². The van der Waals surface area contributed by atoms with Gasteiger partial charge in [0.15, 0.2) is 0 Å². The molecule has 6 heteroatoms. The molecule has 0 atom stereocenters. The normalized spacial score (nSPS) is 12.1. The molecule has 1 N–H and O–H groups in total. The van der Waals surface area contributed by atoms with Crippen molar-refractivity contribution in [3.05, 3.63) is 90.0 Å². The molecular formula is C27H26NO3S2-. The number of benzene rings is 4. The second-order valence-corrected chi connectivity index (χ2v) is 11.9. The molecule has 0 radical (unpaired) electrons. The van der Waals surface area contributed by atoms with Crippen molar-refractivity contribution in [3.8, 4) is 5.75 Å². The summed E-state index contributed by atoms with van der Waals surface area (Å²) in [5.41, 5.74) is 2.50. The van der Waals surface area contributed by atoms with Crippen LogP contribution in [0.25, 0.3) is 10.8 Å². The number of fused-ring (bicyclic) bond motifs is 1. The van der Waals surface area contributed by atoms with Gasteiger partial charge in [-0.15, -0.1) is 0 Å². The molecule has 0 aromatic heterocycles. The second-order valence-electron chi connectivity index (χ2n) is 9.09. The van der Waals surface area contributed by atoms with Gasteiger partial charge in [0.25, 0.3) is 10.0 Å². The van der Waals surface area contributed by atoms with Gasteiger partial charge in [-0.3, -0.25) is 4.72 Å². The van der Waals surface area contributed by atoms with E-state index in [0.29, 0.717) is 21.4 Å². The van der Waals surface area contributed by atoms with Crippen LogP contribution in [0.15, 0.2) is 93.5 Å². The summed E-state index contributed by atoms with van der Waals surface area (Å²) in [7, 11) is -3.84. The standard InChI is InChI=1S/C27H27NO3S2/c1-18-9-13-20(14-10-18)32-25-17-24(22-7-5-6-8-23(22)26(25)29)28-33(30,31)21-15-11-19(12-16-21)27(2,3)4/h5-17,28-29H,1-4H3/p-1. The van der Waals surface area contributed by atoms with Gasteiger partial charge in [-0.05, 0) is 53.6 Å². The van der Waals surface area contributed by atoms with Crippen molar-refractivity contribution in [1.29, 1.82) is 0 Å². The van der Waals surface area contributed by atoms with E-state index in [0.717, 1.165) is 16.0 Å². The molecule has 0 saturated heterocycles. The van der Waals surface area contributed by atoms with Crippen LogP contribution in [0.3, 0.4) is 0 Å². The summed E-state index contributed by atoms with van der Waals surface area (Å²) in [5, 5.41) is 14.2. The van der Waals surface area contributed by atoms with Gasteiger partial charge in [0, 0.05) is 15.2 Å². The van der Waals surface area contributed by atoms with Gasteiger partial charge >= 0.3 is 0 Å². The smallest absolute Gasteiger partial charge is 0.261 e. The Morgan fingerprint density at radius 2 is 1.45 bits per heavy atom. The summed E-state index contributed by atoms with van der Waals surface area (Å²) < 4.78 is 29.1. The molecule has 0 saturated carbocycles. The molecule has 0 spiro atoms. The number of hydrogen-bond donors (Lipinski definition) is 1. The minimum atomic E-state index is -3.84. The topological polar surface area (TPSA) is 69.2 Å². The van der Waals surface area contributed by atoms with Gasteiger partial charge in [0.1, 0.15) is 0 Å². The lowest BCUT2D eigenvalue weighted by Crippen LogP contribution is -2.15. The van der Waals surface area contributed by atoms with Crippen LogP contribution in [0.5, 0.6) is 5.75 Å². The average molecular weight is 477 g/mol. The summed E-state index contributed by atoms with van der Waals surface area (Å²) in [6.07, 6.45) is 0. The lowest BCUT2D eigenvalue weighted by Gasteiger charge is -2.21. The SMILES string of the molecule is Cc1ccc(Sc2cc(NS(=O)(=O)c3ccc(C(C)(C)C)cc3)c3ccccc3c2[O-])cc1. The van der Waals surface area contributed by atoms with E-state index in [-0.39, 0.29) is 16.1 Å². The van der Waals surface area contributed by atoms with E-state index in [1.807, 2.05) is 43.3 Å². The summed E-state index contributed by atoms with van der Waals surface area (Å²) in [5.74, 6) is -0.117. The highest BCUT2D eigenvalue weighted by atomic mass is 32.2. The molecule has 4 rings (SSSR count). The lowest BCUT2D eigenvalue weighted by atomic mass is 9.87. The minimum Gasteiger partial charge on any atom is -0.871 e. The van der Waals surface area contributed by atoms with Gasteiger partial charge in [0.2, 0.25) is 0 Å². The van der Waals surface area contributed by atoms with E-state index in [1.54, 1.807) is 42.5 Å². The molecule has 0 unspecified atom stereocenters. The highest BCUT2D eigenvalue weighted by Crippen LogP contribution is 2.41. The van der Waals surface area contributed by atoms with Crippen molar-refractivity contribution in [2.45, 2.75) is 47.8 Å². The van der Waals surface area contributed by atoms with E-state index in [9.17, 15) is 13.5 Å². The van der Waals surface area contributed by atoms with Crippen molar-refractivity contribution in [2.24, 2.45) is 0 Å². The lowest BCUT2D eigenvalue weighted by molar-refractivity contribution is -0.269. The third kappa shape index (κ3) is 5.02. The largest absolute Gasteiger partial charge is 0.871 e. The number of nitrogens with one attached hydrogen (secondary N) is 1. The quantitative estimate of drug-likeness (QED) is 0.358. The van der Waals surface area contributed by atoms with Crippen molar-refractivity contribution < 1.29 is 13.5 Å². The Morgan fingerprint density at radius 1 is 0.848 bits per heavy atom. The summed E-state index contributed by atoms with van der Waals surface area (Å²) in [6, 6.07) is 23.5. The van der Waals surface area contributed by atoms with E-state index < -0.39 is 10.0 Å². The Kier molecular flexibility index (Phi) is 6.16. The number of sulfonamides is 1. The molecule has 0 aliphatic heterocycles. The van der Waals surface area contributed by atoms with Crippen molar-refractivity contribution in [1.82, 2.24) is 0 Å². The fourth-order valence-corrected chi connectivity index (χ4v) is 5.53. The Hall–Kier alpha value is -2.96. The van der Waals surface area contributed by atoms with Crippen LogP contribution in [-0.4, -0.2) is 8.42 Å². The first-order chi connectivity index (χ1) is 15.5. The van der Waals surface area contributed by atoms with Crippen LogP contribution in [0.4, 0.5) is 5.69 Å². The van der Waals surface area contributed by atoms with Gasteiger partial charge in [-0.2, -0.15) is 0 Å². The predicted octanol–water partition coefficient (Wildman–Crippen LogP) is 6.47. The second kappa shape index (κ2) is 8.76. The zero-order chi connectivity index (χ0) is 23.8. The van der Waals surface area contributed by atoms with E-state index in [1.165, 1.54) is 11.8 Å². The van der Waals surface area contributed by atoms with Crippen LogP contribution in [0.2, 0.25) is 0 Å². The first kappa shape index (κ1) is 23.2. The van der Waals surface area contributed by atoms with Gasteiger partial charge in [-0.25, -0.2) is 8.42 Å². The third-order valence-corrected chi connectivity index (χ3v) is 7.90. The maximum Gasteiger partial charge on any atom is 0.261 e. The Labute approximate surface area is 199 Å². The van der Waals surface area contributed by atoms with Crippen LogP contribution >= 0.6 is 11.8 Å². The van der Waals surface area contributed by atoms with Crippen LogP contribution < -0.4 is 9.83 Å². The zero-order valence-corrected chi connectivity index (χ0v) is 20.7. The molecule has 0 fully saturated rings. The molecule has 0 aliphatic carbocycles. The molecule has 33 heavy (non-hydrogen) atoms. The van der Waals surface area contributed by atoms with E-state index in [2.05, 4.69) is 25.5 Å². The zero-order valence-electron chi connectivity index (χ0n) is 19.0. The van der Waals surface area contributed by atoms with Gasteiger partial charge < -0.3 is 5.11 Å². The molecule has 0 amide bonds. The Balaban J connectivity index is 1.75. The predicted molar refractivity (Wildman–Crippen MR) is 135 cm³/mol. The molecule has 170 valence electrons. The average Bonchev–Trinajstić information content (AvgIpc) is 2.78. The highest BCUT2D eigenvalue weighted by molar-refractivity contribution is 7.99. The molecule has 4 aromatic rings. The van der Waals surface area contributed by atoms with Gasteiger partial charge in [-0.1, -0.05) is 92.4 Å². The third-order valence-electron chi connectivity index (χ3n) is 5.48. The van der Waals surface area contributed by atoms with Gasteiger partial charge in [0.05, 0.1) is 10.6 Å². The molecule has 4 aromatic carbocycles. The monoisotopic (exact) mass is 476 g/mol. The molecule has 0 aliphatic rings. The van der Waals surface area contributed by atoms with Crippen molar-refractivity contribution in [3.63, 3.8) is 0 Å². The van der Waals surface area contributed by atoms with Crippen LogP contribution in [0, 0.1) is 6.92 Å². The highest BCUT2D eigenvalue weighted by Gasteiger charge is 2.19. The summed E-state index contributed by atoms with van der Waals surface area (Å²) >= 11 is 1.33. The van der Waals surface area contributed by atoms with Crippen molar-refractivity contribution >= 4 is 38.2 Å². The van der Waals surface area contributed by atoms with E-state index in [4.69, 9.17) is 0 Å². The number of hydrogen-bond acceptors (Lipinski definition) is 4. The molecular weight excluding hydrogens is 450 g/mol. The maximum absolute atomic E-state index is 13.2.